The number of urea groups is 1. The smallest absolute Gasteiger partial charge is 0.338 e. The number of carbonyl (C=O) groups is 2. The molecule has 0 aliphatic carbocycles. The van der Waals surface area contributed by atoms with Gasteiger partial charge in [0.2, 0.25) is 0 Å². The Morgan fingerprint density at radius 2 is 1.71 bits per heavy atom. The van der Waals surface area contributed by atoms with Crippen LogP contribution < -0.4 is 11.1 Å². The standard InChI is InChI=1S/C12H16N2O3/c1-12(2,3)17-10(15)8-4-6-9(7-5-8)14-11(13)16/h4-7H,1-3H3,(H3,13,14,16). The van der Waals surface area contributed by atoms with Crippen molar-refractivity contribution in [2.45, 2.75) is 26.4 Å². The predicted octanol–water partition coefficient (Wildman–Crippen LogP) is 2.13. The number of nitrogens with two attached hydrogens (primary N) is 1. The van der Waals surface area contributed by atoms with Crippen molar-refractivity contribution >= 4 is 17.7 Å². The van der Waals surface area contributed by atoms with E-state index in [-0.39, 0.29) is 0 Å². The number of anilines is 1. The van der Waals surface area contributed by atoms with Gasteiger partial charge in [0.25, 0.3) is 0 Å². The van der Waals surface area contributed by atoms with Crippen LogP contribution in [0.5, 0.6) is 0 Å². The van der Waals surface area contributed by atoms with Gasteiger partial charge in [0.15, 0.2) is 0 Å². The summed E-state index contributed by atoms with van der Waals surface area (Å²) in [6.07, 6.45) is 0. The first-order chi connectivity index (χ1) is 7.78. The molecule has 0 radical (unpaired) electrons. The minimum absolute atomic E-state index is 0.400. The Kier molecular flexibility index (Phi) is 3.73. The van der Waals surface area contributed by atoms with Crippen molar-refractivity contribution in [3.63, 3.8) is 0 Å². The van der Waals surface area contributed by atoms with E-state index in [1.165, 1.54) is 0 Å². The number of amides is 2. The lowest BCUT2D eigenvalue weighted by Gasteiger charge is -2.19. The van der Waals surface area contributed by atoms with E-state index in [0.717, 1.165) is 0 Å². The molecule has 0 unspecified atom stereocenters. The highest BCUT2D eigenvalue weighted by molar-refractivity contribution is 5.92. The van der Waals surface area contributed by atoms with Crippen molar-refractivity contribution < 1.29 is 14.3 Å². The Bertz CT molecular complexity index is 418. The molecule has 2 amide bonds. The predicted molar refractivity (Wildman–Crippen MR) is 64.8 cm³/mol. The van der Waals surface area contributed by atoms with Crippen molar-refractivity contribution in [1.29, 1.82) is 0 Å². The zero-order valence-electron chi connectivity index (χ0n) is 10.1. The van der Waals surface area contributed by atoms with Crippen LogP contribution in [0.25, 0.3) is 0 Å². The Morgan fingerprint density at radius 1 is 1.18 bits per heavy atom. The SMILES string of the molecule is CC(C)(C)OC(=O)c1ccc(NC(N)=O)cc1. The summed E-state index contributed by atoms with van der Waals surface area (Å²) in [7, 11) is 0. The maximum absolute atomic E-state index is 11.7. The van der Waals surface area contributed by atoms with Gasteiger partial charge in [0.05, 0.1) is 5.56 Å². The molecule has 0 aromatic heterocycles. The summed E-state index contributed by atoms with van der Waals surface area (Å²) in [4.78, 5) is 22.3. The molecule has 17 heavy (non-hydrogen) atoms. The Hall–Kier alpha value is -2.04. The molecule has 3 N–H and O–H groups in total. The molecule has 0 aliphatic rings. The molecular weight excluding hydrogens is 220 g/mol. The van der Waals surface area contributed by atoms with Crippen LogP contribution in [-0.2, 0) is 4.74 Å². The molecule has 0 saturated heterocycles. The van der Waals surface area contributed by atoms with E-state index in [4.69, 9.17) is 10.5 Å². The molecule has 0 aliphatic heterocycles. The quantitative estimate of drug-likeness (QED) is 0.772. The van der Waals surface area contributed by atoms with Gasteiger partial charge in [-0.1, -0.05) is 0 Å². The van der Waals surface area contributed by atoms with Gasteiger partial charge in [-0.3, -0.25) is 0 Å². The lowest BCUT2D eigenvalue weighted by atomic mass is 10.1. The van der Waals surface area contributed by atoms with Gasteiger partial charge in [-0.15, -0.1) is 0 Å². The van der Waals surface area contributed by atoms with Crippen LogP contribution in [0.2, 0.25) is 0 Å². The van der Waals surface area contributed by atoms with Crippen LogP contribution in [0.1, 0.15) is 31.1 Å². The molecule has 0 heterocycles. The molecule has 0 spiro atoms. The molecule has 0 fully saturated rings. The van der Waals surface area contributed by atoms with Gasteiger partial charge in [0.1, 0.15) is 5.60 Å². The maximum atomic E-state index is 11.7. The zero-order valence-corrected chi connectivity index (χ0v) is 10.1. The van der Waals surface area contributed by atoms with Crippen LogP contribution in [0.3, 0.4) is 0 Å². The summed E-state index contributed by atoms with van der Waals surface area (Å²) in [5, 5.41) is 2.41. The third kappa shape index (κ3) is 4.55. The third-order valence-corrected chi connectivity index (χ3v) is 1.79. The van der Waals surface area contributed by atoms with Crippen molar-refractivity contribution in [2.75, 3.05) is 5.32 Å². The van der Waals surface area contributed by atoms with Gasteiger partial charge in [-0.2, -0.15) is 0 Å². The summed E-state index contributed by atoms with van der Waals surface area (Å²) in [5.74, 6) is -0.400. The Labute approximate surface area is 99.9 Å². The largest absolute Gasteiger partial charge is 0.456 e. The molecule has 5 nitrogen and oxygen atoms in total. The highest BCUT2D eigenvalue weighted by atomic mass is 16.6. The number of ether oxygens (including phenoxy) is 1. The number of rotatable bonds is 2. The lowest BCUT2D eigenvalue weighted by Crippen LogP contribution is -2.24. The number of esters is 1. The normalized spacial score (nSPS) is 10.8. The molecule has 0 atom stereocenters. The fourth-order valence-corrected chi connectivity index (χ4v) is 1.17. The van der Waals surface area contributed by atoms with Crippen molar-refractivity contribution in [2.24, 2.45) is 5.73 Å². The number of carbonyl (C=O) groups excluding carboxylic acids is 2. The monoisotopic (exact) mass is 236 g/mol. The van der Waals surface area contributed by atoms with Crippen LogP contribution in [-0.4, -0.2) is 17.6 Å². The fourth-order valence-electron chi connectivity index (χ4n) is 1.17. The van der Waals surface area contributed by atoms with Gasteiger partial charge < -0.3 is 15.8 Å². The zero-order chi connectivity index (χ0) is 13.1. The van der Waals surface area contributed by atoms with Crippen LogP contribution >= 0.6 is 0 Å². The molecule has 0 saturated carbocycles. The van der Waals surface area contributed by atoms with Gasteiger partial charge in [-0.25, -0.2) is 9.59 Å². The minimum Gasteiger partial charge on any atom is -0.456 e. The molecule has 1 rings (SSSR count). The first kappa shape index (κ1) is 13.0. The molecular formula is C12H16N2O3. The second-order valence-corrected chi connectivity index (χ2v) is 4.57. The average molecular weight is 236 g/mol. The number of benzene rings is 1. The first-order valence-corrected chi connectivity index (χ1v) is 5.18. The van der Waals surface area contributed by atoms with Crippen LogP contribution in [0.4, 0.5) is 10.5 Å². The second-order valence-electron chi connectivity index (χ2n) is 4.57. The summed E-state index contributed by atoms with van der Waals surface area (Å²) in [5.41, 5.74) is 5.40. The average Bonchev–Trinajstić information content (AvgIpc) is 2.15. The maximum Gasteiger partial charge on any atom is 0.338 e. The summed E-state index contributed by atoms with van der Waals surface area (Å²) >= 11 is 0. The Balaban J connectivity index is 2.74. The van der Waals surface area contributed by atoms with Crippen LogP contribution in [0, 0.1) is 0 Å². The van der Waals surface area contributed by atoms with E-state index in [9.17, 15) is 9.59 Å². The first-order valence-electron chi connectivity index (χ1n) is 5.18. The van der Waals surface area contributed by atoms with Crippen molar-refractivity contribution in [3.05, 3.63) is 29.8 Å². The molecule has 5 heteroatoms. The molecule has 0 bridgehead atoms. The van der Waals surface area contributed by atoms with Crippen molar-refractivity contribution in [3.8, 4) is 0 Å². The molecule has 1 aromatic carbocycles. The van der Waals surface area contributed by atoms with E-state index in [0.29, 0.717) is 11.3 Å². The summed E-state index contributed by atoms with van der Waals surface area (Å²) in [6, 6.07) is 5.67. The topological polar surface area (TPSA) is 81.4 Å². The van der Waals surface area contributed by atoms with E-state index >= 15 is 0 Å². The highest BCUT2D eigenvalue weighted by Crippen LogP contribution is 2.14. The minimum atomic E-state index is -0.644. The van der Waals surface area contributed by atoms with E-state index in [2.05, 4.69) is 5.32 Å². The van der Waals surface area contributed by atoms with E-state index in [1.54, 1.807) is 45.0 Å². The lowest BCUT2D eigenvalue weighted by molar-refractivity contribution is 0.00696. The van der Waals surface area contributed by atoms with Gasteiger partial charge in [0, 0.05) is 5.69 Å². The third-order valence-electron chi connectivity index (χ3n) is 1.79. The van der Waals surface area contributed by atoms with Crippen molar-refractivity contribution in [1.82, 2.24) is 0 Å². The van der Waals surface area contributed by atoms with Crippen LogP contribution in [0.15, 0.2) is 24.3 Å². The summed E-state index contributed by atoms with van der Waals surface area (Å²) in [6.45, 7) is 5.40. The van der Waals surface area contributed by atoms with Gasteiger partial charge in [-0.05, 0) is 45.0 Å². The van der Waals surface area contributed by atoms with E-state index in [1.807, 2.05) is 0 Å². The number of nitrogens with one attached hydrogen (secondary N) is 1. The number of primary amides is 1. The van der Waals surface area contributed by atoms with E-state index < -0.39 is 17.6 Å². The number of hydrogen-bond donors (Lipinski definition) is 2. The second kappa shape index (κ2) is 4.86. The molecule has 92 valence electrons. The summed E-state index contributed by atoms with van der Waals surface area (Å²) < 4.78 is 5.19. The molecule has 1 aromatic rings. The fraction of sp³-hybridized carbons (Fsp3) is 0.333. The Morgan fingerprint density at radius 3 is 2.12 bits per heavy atom. The highest BCUT2D eigenvalue weighted by Gasteiger charge is 2.17. The van der Waals surface area contributed by atoms with Gasteiger partial charge >= 0.3 is 12.0 Å². The number of hydrogen-bond acceptors (Lipinski definition) is 3.